The van der Waals surface area contributed by atoms with Crippen molar-refractivity contribution in [1.82, 2.24) is 10.2 Å². The number of methoxy groups -OCH3 is 2. The third kappa shape index (κ3) is 6.41. The summed E-state index contributed by atoms with van der Waals surface area (Å²) >= 11 is 0. The van der Waals surface area contributed by atoms with E-state index in [4.69, 9.17) is 9.47 Å². The van der Waals surface area contributed by atoms with E-state index in [0.717, 1.165) is 50.1 Å². The zero-order valence-corrected chi connectivity index (χ0v) is 19.8. The first-order valence-electron chi connectivity index (χ1n) is 9.27. The molecule has 1 atom stereocenters. The zero-order valence-electron chi connectivity index (χ0n) is 17.5. The third-order valence-electron chi connectivity index (χ3n) is 4.91. The van der Waals surface area contributed by atoms with E-state index < -0.39 is 0 Å². The Bertz CT molecular complexity index is 596. The Labute approximate surface area is 181 Å². The molecule has 6 nitrogen and oxygen atoms in total. The van der Waals surface area contributed by atoms with Gasteiger partial charge in [-0.25, -0.2) is 0 Å². The van der Waals surface area contributed by atoms with Crippen LogP contribution in [0.2, 0.25) is 0 Å². The van der Waals surface area contributed by atoms with E-state index in [1.807, 2.05) is 19.2 Å². The maximum absolute atomic E-state index is 5.64. The maximum atomic E-state index is 5.64. The molecule has 1 heterocycles. The minimum absolute atomic E-state index is 0. The Morgan fingerprint density at radius 3 is 2.30 bits per heavy atom. The van der Waals surface area contributed by atoms with Gasteiger partial charge < -0.3 is 24.6 Å². The van der Waals surface area contributed by atoms with Gasteiger partial charge in [-0.1, -0.05) is 32.9 Å². The van der Waals surface area contributed by atoms with Gasteiger partial charge in [0.2, 0.25) is 0 Å². The summed E-state index contributed by atoms with van der Waals surface area (Å²) in [4.78, 5) is 9.14. The first kappa shape index (κ1) is 23.8. The molecule has 1 aromatic rings. The van der Waals surface area contributed by atoms with Crippen molar-refractivity contribution < 1.29 is 9.47 Å². The molecule has 0 amide bonds. The molecule has 154 valence electrons. The van der Waals surface area contributed by atoms with Crippen molar-refractivity contribution in [1.29, 1.82) is 0 Å². The zero-order chi connectivity index (χ0) is 19.2. The SMILES string of the molecule is CN=C(NCC(OC)C(C)(C)C)N1CCN(c2ccccc2OC)CC1.I. The van der Waals surface area contributed by atoms with Gasteiger partial charge in [0.05, 0.1) is 18.9 Å². The van der Waals surface area contributed by atoms with Gasteiger partial charge in [0, 0.05) is 46.9 Å². The summed E-state index contributed by atoms with van der Waals surface area (Å²) in [5.74, 6) is 1.87. The minimum Gasteiger partial charge on any atom is -0.495 e. The second-order valence-electron chi connectivity index (χ2n) is 7.66. The fourth-order valence-corrected chi connectivity index (χ4v) is 3.31. The quantitative estimate of drug-likeness (QED) is 0.391. The number of para-hydroxylation sites is 2. The van der Waals surface area contributed by atoms with E-state index in [2.05, 4.69) is 53.0 Å². The number of nitrogens with zero attached hydrogens (tertiary/aromatic N) is 3. The number of ether oxygens (including phenoxy) is 2. The lowest BCUT2D eigenvalue weighted by Gasteiger charge is -2.39. The van der Waals surface area contributed by atoms with Crippen molar-refractivity contribution in [3.63, 3.8) is 0 Å². The van der Waals surface area contributed by atoms with E-state index in [1.165, 1.54) is 0 Å². The third-order valence-corrected chi connectivity index (χ3v) is 4.91. The number of guanidine groups is 1. The van der Waals surface area contributed by atoms with Crippen LogP contribution in [0.3, 0.4) is 0 Å². The molecule has 1 saturated heterocycles. The number of rotatable bonds is 5. The van der Waals surface area contributed by atoms with Crippen LogP contribution < -0.4 is 15.0 Å². The van der Waals surface area contributed by atoms with Crippen molar-refractivity contribution in [2.24, 2.45) is 10.4 Å². The number of hydrogen-bond donors (Lipinski definition) is 1. The van der Waals surface area contributed by atoms with E-state index in [0.29, 0.717) is 0 Å². The van der Waals surface area contributed by atoms with Gasteiger partial charge in [-0.15, -0.1) is 24.0 Å². The molecule has 0 aromatic heterocycles. The smallest absolute Gasteiger partial charge is 0.193 e. The number of benzene rings is 1. The molecule has 0 aliphatic carbocycles. The molecule has 1 fully saturated rings. The predicted molar refractivity (Wildman–Crippen MR) is 124 cm³/mol. The van der Waals surface area contributed by atoms with Crippen LogP contribution in [-0.4, -0.2) is 71.0 Å². The van der Waals surface area contributed by atoms with Crippen molar-refractivity contribution in [2.45, 2.75) is 26.9 Å². The van der Waals surface area contributed by atoms with Gasteiger partial charge in [-0.3, -0.25) is 4.99 Å². The van der Waals surface area contributed by atoms with Crippen LogP contribution in [-0.2, 0) is 4.74 Å². The van der Waals surface area contributed by atoms with E-state index in [-0.39, 0.29) is 35.5 Å². The van der Waals surface area contributed by atoms with E-state index >= 15 is 0 Å². The predicted octanol–water partition coefficient (Wildman–Crippen LogP) is 3.07. The lowest BCUT2D eigenvalue weighted by Crippen LogP contribution is -2.54. The molecule has 1 unspecified atom stereocenters. The van der Waals surface area contributed by atoms with Crippen LogP contribution in [0.15, 0.2) is 29.3 Å². The number of anilines is 1. The summed E-state index contributed by atoms with van der Waals surface area (Å²) in [6, 6.07) is 8.20. The molecule has 0 radical (unpaired) electrons. The summed E-state index contributed by atoms with van der Waals surface area (Å²) in [5.41, 5.74) is 1.24. The lowest BCUT2D eigenvalue weighted by molar-refractivity contribution is 0.0201. The normalized spacial score (nSPS) is 16.6. The summed E-state index contributed by atoms with van der Waals surface area (Å²) in [7, 11) is 5.34. The van der Waals surface area contributed by atoms with E-state index in [9.17, 15) is 0 Å². The van der Waals surface area contributed by atoms with Crippen LogP contribution in [0.25, 0.3) is 0 Å². The summed E-state index contributed by atoms with van der Waals surface area (Å²) in [6.07, 6.45) is 0.133. The van der Waals surface area contributed by atoms with Crippen LogP contribution in [0.5, 0.6) is 5.75 Å². The molecule has 7 heteroatoms. The number of nitrogens with one attached hydrogen (secondary N) is 1. The van der Waals surface area contributed by atoms with Crippen molar-refractivity contribution >= 4 is 35.6 Å². The van der Waals surface area contributed by atoms with Crippen LogP contribution in [0.4, 0.5) is 5.69 Å². The second kappa shape index (κ2) is 10.9. The van der Waals surface area contributed by atoms with Crippen molar-refractivity contribution in [3.05, 3.63) is 24.3 Å². The van der Waals surface area contributed by atoms with Crippen molar-refractivity contribution in [3.8, 4) is 5.75 Å². The molecular weight excluding hydrogens is 455 g/mol. The molecule has 0 saturated carbocycles. The highest BCUT2D eigenvalue weighted by atomic mass is 127. The molecule has 0 bridgehead atoms. The first-order chi connectivity index (χ1) is 12.4. The number of piperazine rings is 1. The summed E-state index contributed by atoms with van der Waals surface area (Å²) in [5, 5.41) is 3.48. The average molecular weight is 490 g/mol. The molecule has 2 rings (SSSR count). The van der Waals surface area contributed by atoms with Gasteiger partial charge >= 0.3 is 0 Å². The Hall–Kier alpha value is -1.22. The molecule has 1 aromatic carbocycles. The molecular formula is C20H35IN4O2. The Balaban J connectivity index is 0.00000364. The minimum atomic E-state index is 0. The lowest BCUT2D eigenvalue weighted by atomic mass is 9.89. The van der Waals surface area contributed by atoms with Crippen LogP contribution in [0.1, 0.15) is 20.8 Å². The summed E-state index contributed by atoms with van der Waals surface area (Å²) < 4.78 is 11.1. The largest absolute Gasteiger partial charge is 0.495 e. The monoisotopic (exact) mass is 490 g/mol. The molecule has 0 spiro atoms. The fourth-order valence-electron chi connectivity index (χ4n) is 3.31. The topological polar surface area (TPSA) is 49.3 Å². The van der Waals surface area contributed by atoms with Gasteiger partial charge in [0.15, 0.2) is 5.96 Å². The molecule has 1 N–H and O–H groups in total. The Morgan fingerprint density at radius 2 is 1.78 bits per heavy atom. The van der Waals surface area contributed by atoms with Crippen LogP contribution >= 0.6 is 24.0 Å². The number of hydrogen-bond acceptors (Lipinski definition) is 4. The van der Waals surface area contributed by atoms with E-state index in [1.54, 1.807) is 14.2 Å². The van der Waals surface area contributed by atoms with Crippen molar-refractivity contribution in [2.75, 3.05) is 58.9 Å². The first-order valence-corrected chi connectivity index (χ1v) is 9.27. The van der Waals surface area contributed by atoms with Gasteiger partial charge in [0.1, 0.15) is 5.75 Å². The highest BCUT2D eigenvalue weighted by Gasteiger charge is 2.26. The average Bonchev–Trinajstić information content (AvgIpc) is 2.64. The van der Waals surface area contributed by atoms with Gasteiger partial charge in [-0.2, -0.15) is 0 Å². The second-order valence-corrected chi connectivity index (χ2v) is 7.66. The van der Waals surface area contributed by atoms with Gasteiger partial charge in [-0.05, 0) is 17.5 Å². The molecule has 27 heavy (non-hydrogen) atoms. The van der Waals surface area contributed by atoms with Crippen LogP contribution in [0, 0.1) is 5.41 Å². The maximum Gasteiger partial charge on any atom is 0.193 e. The standard InChI is InChI=1S/C20H34N4O2.HI/c1-20(2,3)18(26-6)15-22-19(21-4)24-13-11-23(12-14-24)16-9-7-8-10-17(16)25-5;/h7-10,18H,11-15H2,1-6H3,(H,21,22);1H. The molecule has 1 aliphatic heterocycles. The Kier molecular flexibility index (Phi) is 9.66. The highest BCUT2D eigenvalue weighted by Crippen LogP contribution is 2.28. The number of aliphatic imine (C=N–C) groups is 1. The van der Waals surface area contributed by atoms with Gasteiger partial charge in [0.25, 0.3) is 0 Å². The number of halogens is 1. The fraction of sp³-hybridized carbons (Fsp3) is 0.650. The summed E-state index contributed by atoms with van der Waals surface area (Å²) in [6.45, 7) is 11.0. The highest BCUT2D eigenvalue weighted by molar-refractivity contribution is 14.0. The molecule has 1 aliphatic rings. The Morgan fingerprint density at radius 1 is 1.15 bits per heavy atom.